The minimum absolute atomic E-state index is 0.332. The van der Waals surface area contributed by atoms with E-state index in [0.29, 0.717) is 29.0 Å². The van der Waals surface area contributed by atoms with Crippen molar-refractivity contribution in [1.82, 2.24) is 13.7 Å². The molecule has 8 heteroatoms. The molecule has 2 aromatic carbocycles. The summed E-state index contributed by atoms with van der Waals surface area (Å²) in [4.78, 5) is 26.8. The molecule has 0 saturated carbocycles. The highest BCUT2D eigenvalue weighted by molar-refractivity contribution is 5.97. The Bertz CT molecular complexity index is 1610. The van der Waals surface area contributed by atoms with Crippen LogP contribution in [0.4, 0.5) is 0 Å². The summed E-state index contributed by atoms with van der Waals surface area (Å²) in [6.07, 6.45) is -0.571. The van der Waals surface area contributed by atoms with Gasteiger partial charge in [0, 0.05) is 25.7 Å². The molecule has 1 atom stereocenters. The third-order valence-corrected chi connectivity index (χ3v) is 7.11. The summed E-state index contributed by atoms with van der Waals surface area (Å²) in [6.45, 7) is 6.59. The van der Waals surface area contributed by atoms with Gasteiger partial charge >= 0.3 is 5.69 Å². The van der Waals surface area contributed by atoms with Gasteiger partial charge in [0.1, 0.15) is 17.6 Å². The molecule has 36 heavy (non-hydrogen) atoms. The number of rotatable bonds is 4. The van der Waals surface area contributed by atoms with E-state index >= 15 is 0 Å². The van der Waals surface area contributed by atoms with Gasteiger partial charge < -0.3 is 18.8 Å². The van der Waals surface area contributed by atoms with Crippen LogP contribution in [0.1, 0.15) is 36.8 Å². The van der Waals surface area contributed by atoms with Gasteiger partial charge in [-0.3, -0.25) is 13.9 Å². The van der Waals surface area contributed by atoms with Crippen LogP contribution in [0.15, 0.2) is 52.1 Å². The lowest BCUT2D eigenvalue weighted by molar-refractivity contribution is -0.00801. The van der Waals surface area contributed by atoms with Crippen LogP contribution in [0.3, 0.4) is 0 Å². The molecule has 0 radical (unpaired) electrons. The summed E-state index contributed by atoms with van der Waals surface area (Å²) in [7, 11) is 6.43. The first kappa shape index (κ1) is 23.9. The lowest BCUT2D eigenvalue weighted by Crippen LogP contribution is -2.40. The highest BCUT2D eigenvalue weighted by atomic mass is 16.5. The van der Waals surface area contributed by atoms with Gasteiger partial charge in [0.25, 0.3) is 5.56 Å². The first-order valence-corrected chi connectivity index (χ1v) is 11.9. The number of hydrogen-bond acceptors (Lipinski definition) is 5. The molecule has 1 aliphatic heterocycles. The van der Waals surface area contributed by atoms with Crippen LogP contribution >= 0.6 is 0 Å². The molecule has 8 nitrogen and oxygen atoms in total. The van der Waals surface area contributed by atoms with Crippen LogP contribution in [0.25, 0.3) is 22.2 Å². The fourth-order valence-corrected chi connectivity index (χ4v) is 5.25. The SMILES string of the molecule is COc1ccc([C@@H]2OCC(C)(C)n3c(-c4ccc(C)cc4)c4c(=O)n(C)c(=O)n(C)c4c32)c(OC)c1. The fraction of sp³-hybridized carbons (Fsp3) is 0.357. The third-order valence-electron chi connectivity index (χ3n) is 7.11. The number of aryl methyl sites for hydroxylation is 2. The second-order valence-electron chi connectivity index (χ2n) is 9.98. The number of hydrogen-bond donors (Lipinski definition) is 0. The van der Waals surface area contributed by atoms with E-state index in [0.717, 1.165) is 28.1 Å². The first-order chi connectivity index (χ1) is 17.1. The number of methoxy groups -OCH3 is 2. The van der Waals surface area contributed by atoms with Gasteiger partial charge in [0.15, 0.2) is 0 Å². The van der Waals surface area contributed by atoms with E-state index in [1.54, 1.807) is 25.8 Å². The van der Waals surface area contributed by atoms with Crippen molar-refractivity contribution in [3.63, 3.8) is 0 Å². The Morgan fingerprint density at radius 2 is 1.67 bits per heavy atom. The molecule has 0 unspecified atom stereocenters. The summed E-state index contributed by atoms with van der Waals surface area (Å²) in [5.74, 6) is 1.26. The molecule has 0 N–H and O–H groups in total. The molecule has 1 aliphatic rings. The number of benzene rings is 2. The zero-order chi connectivity index (χ0) is 25.9. The quantitative estimate of drug-likeness (QED) is 0.435. The minimum atomic E-state index is -0.571. The molecule has 0 aliphatic carbocycles. The molecule has 0 saturated heterocycles. The van der Waals surface area contributed by atoms with Gasteiger partial charge in [-0.15, -0.1) is 0 Å². The van der Waals surface area contributed by atoms with Crippen LogP contribution < -0.4 is 20.7 Å². The Balaban J connectivity index is 1.97. The van der Waals surface area contributed by atoms with Crippen molar-refractivity contribution in [2.45, 2.75) is 32.4 Å². The largest absolute Gasteiger partial charge is 0.497 e. The molecule has 4 aromatic rings. The second kappa shape index (κ2) is 8.41. The molecular formula is C28H31N3O5. The summed E-state index contributed by atoms with van der Waals surface area (Å²) < 4.78 is 22.5. The number of nitrogens with zero attached hydrogens (tertiary/aromatic N) is 3. The van der Waals surface area contributed by atoms with E-state index in [2.05, 4.69) is 18.4 Å². The molecule has 2 aromatic heterocycles. The highest BCUT2D eigenvalue weighted by Gasteiger charge is 2.41. The second-order valence-corrected chi connectivity index (χ2v) is 9.98. The van der Waals surface area contributed by atoms with E-state index < -0.39 is 11.6 Å². The maximum Gasteiger partial charge on any atom is 0.331 e. The number of ether oxygens (including phenoxy) is 3. The number of fused-ring (bicyclic) bond motifs is 3. The monoisotopic (exact) mass is 489 g/mol. The zero-order valence-electron chi connectivity index (χ0n) is 21.7. The Morgan fingerprint density at radius 3 is 2.31 bits per heavy atom. The fourth-order valence-electron chi connectivity index (χ4n) is 5.25. The molecular weight excluding hydrogens is 458 g/mol. The third kappa shape index (κ3) is 3.39. The van der Waals surface area contributed by atoms with E-state index in [9.17, 15) is 9.59 Å². The van der Waals surface area contributed by atoms with E-state index in [1.807, 2.05) is 49.4 Å². The van der Waals surface area contributed by atoms with Crippen molar-refractivity contribution in [2.24, 2.45) is 14.1 Å². The van der Waals surface area contributed by atoms with Crippen LogP contribution in [-0.4, -0.2) is 34.5 Å². The maximum atomic E-state index is 13.7. The maximum absolute atomic E-state index is 13.7. The molecule has 0 bridgehead atoms. The average Bonchev–Trinajstić information content (AvgIpc) is 3.24. The molecule has 3 heterocycles. The summed E-state index contributed by atoms with van der Waals surface area (Å²) in [5.41, 5.74) is 3.69. The molecule has 5 rings (SSSR count). The van der Waals surface area contributed by atoms with Crippen molar-refractivity contribution >= 4 is 10.9 Å². The van der Waals surface area contributed by atoms with Crippen molar-refractivity contribution in [1.29, 1.82) is 0 Å². The van der Waals surface area contributed by atoms with Crippen LogP contribution in [-0.2, 0) is 24.4 Å². The highest BCUT2D eigenvalue weighted by Crippen LogP contribution is 2.47. The Hall–Kier alpha value is -3.78. The topological polar surface area (TPSA) is 76.6 Å². The van der Waals surface area contributed by atoms with Crippen LogP contribution in [0, 0.1) is 6.92 Å². The average molecular weight is 490 g/mol. The van der Waals surface area contributed by atoms with Crippen molar-refractivity contribution < 1.29 is 14.2 Å². The molecule has 0 spiro atoms. The molecule has 188 valence electrons. The lowest BCUT2D eigenvalue weighted by Gasteiger charge is -2.39. The van der Waals surface area contributed by atoms with Gasteiger partial charge in [-0.05, 0) is 38.5 Å². The lowest BCUT2D eigenvalue weighted by atomic mass is 9.97. The van der Waals surface area contributed by atoms with Gasteiger partial charge in [-0.1, -0.05) is 29.8 Å². The summed E-state index contributed by atoms with van der Waals surface area (Å²) >= 11 is 0. The van der Waals surface area contributed by atoms with Gasteiger partial charge in [0.05, 0.1) is 48.7 Å². The van der Waals surface area contributed by atoms with Gasteiger partial charge in [-0.2, -0.15) is 0 Å². The predicted molar refractivity (Wildman–Crippen MR) is 139 cm³/mol. The van der Waals surface area contributed by atoms with Gasteiger partial charge in [0.2, 0.25) is 0 Å². The first-order valence-electron chi connectivity index (χ1n) is 11.9. The van der Waals surface area contributed by atoms with Crippen LogP contribution in [0.2, 0.25) is 0 Å². The standard InChI is InChI=1S/C28H31N3O5/c1-16-8-10-17(11-9-16)22-21-23(29(4)27(33)30(5)26(21)32)24-25(36-15-28(2,3)31(22)24)19-13-12-18(34-6)14-20(19)35-7/h8-14,25H,15H2,1-7H3/t25-/m0/s1. The summed E-state index contributed by atoms with van der Waals surface area (Å²) in [6, 6.07) is 13.7. The van der Waals surface area contributed by atoms with Crippen molar-refractivity contribution in [3.05, 3.63) is 80.1 Å². The van der Waals surface area contributed by atoms with E-state index in [4.69, 9.17) is 14.2 Å². The van der Waals surface area contributed by atoms with Gasteiger partial charge in [-0.25, -0.2) is 4.79 Å². The van der Waals surface area contributed by atoms with Crippen LogP contribution in [0.5, 0.6) is 11.5 Å². The van der Waals surface area contributed by atoms with E-state index in [-0.39, 0.29) is 11.2 Å². The van der Waals surface area contributed by atoms with E-state index in [1.165, 1.54) is 11.6 Å². The predicted octanol–water partition coefficient (Wildman–Crippen LogP) is 3.89. The Morgan fingerprint density at radius 1 is 0.972 bits per heavy atom. The Labute approximate surface area is 209 Å². The molecule has 0 amide bonds. The van der Waals surface area contributed by atoms with Crippen molar-refractivity contribution in [3.8, 4) is 22.8 Å². The summed E-state index contributed by atoms with van der Waals surface area (Å²) in [5, 5.41) is 0.495. The Kier molecular flexibility index (Phi) is 5.59. The smallest absolute Gasteiger partial charge is 0.331 e. The molecule has 0 fully saturated rings. The zero-order valence-corrected chi connectivity index (χ0v) is 21.7. The minimum Gasteiger partial charge on any atom is -0.497 e. The number of aromatic nitrogens is 3. The normalized spacial score (nSPS) is 16.7. The van der Waals surface area contributed by atoms with Crippen molar-refractivity contribution in [2.75, 3.05) is 20.8 Å².